The number of nitrogens with one attached hydrogen (secondary N) is 1. The number of rotatable bonds is 7. The van der Waals surface area contributed by atoms with E-state index in [9.17, 15) is 0 Å². The third-order valence-corrected chi connectivity index (χ3v) is 5.52. The molecule has 1 heterocycles. The van der Waals surface area contributed by atoms with Crippen molar-refractivity contribution < 1.29 is 0 Å². The van der Waals surface area contributed by atoms with Crippen LogP contribution in [0.5, 0.6) is 0 Å². The van der Waals surface area contributed by atoms with E-state index < -0.39 is 0 Å². The molecule has 0 radical (unpaired) electrons. The van der Waals surface area contributed by atoms with Crippen molar-refractivity contribution in [3.8, 4) is 0 Å². The van der Waals surface area contributed by atoms with E-state index in [2.05, 4.69) is 22.0 Å². The van der Waals surface area contributed by atoms with Gasteiger partial charge in [0.2, 0.25) is 0 Å². The van der Waals surface area contributed by atoms with Crippen LogP contribution in [-0.2, 0) is 6.54 Å². The topological polar surface area (TPSA) is 118 Å². The standard InChI is InChI=1S/C25H32N6/c1-30-16-21(15-26)20-8-9-23(27)22(14-20)25(29)24(28)13-18-6-5-7-19(12-18)17-31-10-3-2-4-11-31/h5-9,12-16,29H,2-4,10-11,17,26-28H2,1H3/b21-15?,24-13-,29-25?,30-16?. The summed E-state index contributed by atoms with van der Waals surface area (Å²) < 4.78 is 0. The Balaban J connectivity index is 1.82. The number of benzene rings is 2. The average Bonchev–Trinajstić information content (AvgIpc) is 2.78. The van der Waals surface area contributed by atoms with Crippen LogP contribution in [0.3, 0.4) is 0 Å². The molecule has 2 aromatic rings. The quantitative estimate of drug-likeness (QED) is 0.407. The largest absolute Gasteiger partial charge is 0.404 e. The molecule has 6 nitrogen and oxygen atoms in total. The van der Waals surface area contributed by atoms with Crippen molar-refractivity contribution in [3.63, 3.8) is 0 Å². The van der Waals surface area contributed by atoms with Crippen molar-refractivity contribution in [2.45, 2.75) is 25.8 Å². The zero-order valence-corrected chi connectivity index (χ0v) is 18.1. The Morgan fingerprint density at radius 1 is 1.13 bits per heavy atom. The van der Waals surface area contributed by atoms with E-state index in [4.69, 9.17) is 22.6 Å². The molecule has 31 heavy (non-hydrogen) atoms. The van der Waals surface area contributed by atoms with Crippen LogP contribution in [0.15, 0.2) is 59.4 Å². The highest BCUT2D eigenvalue weighted by Gasteiger charge is 2.13. The van der Waals surface area contributed by atoms with E-state index in [1.165, 1.54) is 31.0 Å². The van der Waals surface area contributed by atoms with Crippen molar-refractivity contribution in [3.05, 3.63) is 76.6 Å². The van der Waals surface area contributed by atoms with Gasteiger partial charge in [-0.25, -0.2) is 0 Å². The van der Waals surface area contributed by atoms with Gasteiger partial charge in [-0.1, -0.05) is 36.8 Å². The molecular weight excluding hydrogens is 384 g/mol. The fourth-order valence-electron chi connectivity index (χ4n) is 3.87. The lowest BCUT2D eigenvalue weighted by molar-refractivity contribution is 0.221. The molecule has 2 aromatic carbocycles. The number of anilines is 1. The smallest absolute Gasteiger partial charge is 0.0862 e. The first-order valence-corrected chi connectivity index (χ1v) is 10.6. The predicted molar refractivity (Wildman–Crippen MR) is 132 cm³/mol. The van der Waals surface area contributed by atoms with E-state index in [0.717, 1.165) is 36.3 Å². The number of allylic oxidation sites excluding steroid dienone is 2. The molecular formula is C25H32N6. The van der Waals surface area contributed by atoms with Crippen LogP contribution in [0.25, 0.3) is 11.6 Å². The molecule has 0 saturated carbocycles. The average molecular weight is 417 g/mol. The summed E-state index contributed by atoms with van der Waals surface area (Å²) in [6.45, 7) is 3.26. The van der Waals surface area contributed by atoms with Gasteiger partial charge in [-0.2, -0.15) is 0 Å². The summed E-state index contributed by atoms with van der Waals surface area (Å²) in [5, 5.41) is 8.62. The predicted octanol–water partition coefficient (Wildman–Crippen LogP) is 3.62. The third kappa shape index (κ3) is 5.83. The van der Waals surface area contributed by atoms with Crippen LogP contribution in [0, 0.1) is 5.41 Å². The Morgan fingerprint density at radius 3 is 2.61 bits per heavy atom. The van der Waals surface area contributed by atoms with E-state index in [-0.39, 0.29) is 5.71 Å². The zero-order chi connectivity index (χ0) is 22.2. The SMILES string of the molecule is CN=CC(=CN)c1ccc(N)c(C(=N)/C(N)=C/c2cccc(CN3CCCCC3)c2)c1. The maximum atomic E-state index is 8.62. The number of hydrogen-bond acceptors (Lipinski definition) is 6. The number of nitrogens with two attached hydrogens (primary N) is 3. The van der Waals surface area contributed by atoms with E-state index in [1.807, 2.05) is 30.3 Å². The van der Waals surface area contributed by atoms with Gasteiger partial charge < -0.3 is 17.2 Å². The number of hydrogen-bond donors (Lipinski definition) is 4. The molecule has 1 fully saturated rings. The second-order valence-electron chi connectivity index (χ2n) is 7.87. The normalized spacial score (nSPS) is 16.0. The number of likely N-dealkylation sites (tertiary alicyclic amines) is 1. The Labute approximate surface area is 184 Å². The van der Waals surface area contributed by atoms with Crippen LogP contribution in [-0.4, -0.2) is 37.0 Å². The zero-order valence-electron chi connectivity index (χ0n) is 18.1. The summed E-state index contributed by atoms with van der Waals surface area (Å²) in [5.41, 5.74) is 23.6. The number of piperidine rings is 1. The molecule has 0 bridgehead atoms. The van der Waals surface area contributed by atoms with Crippen molar-refractivity contribution in [1.29, 1.82) is 5.41 Å². The summed E-state index contributed by atoms with van der Waals surface area (Å²) >= 11 is 0. The Morgan fingerprint density at radius 2 is 1.90 bits per heavy atom. The van der Waals surface area contributed by atoms with E-state index in [1.54, 1.807) is 19.3 Å². The highest BCUT2D eigenvalue weighted by molar-refractivity contribution is 6.16. The Hall–Kier alpha value is -3.38. The summed E-state index contributed by atoms with van der Waals surface area (Å²) in [5.74, 6) is 0. The molecule has 162 valence electrons. The number of nitrogen functional groups attached to an aromatic ring is 1. The Bertz CT molecular complexity index is 1010. The minimum Gasteiger partial charge on any atom is -0.404 e. The molecule has 1 aliphatic heterocycles. The highest BCUT2D eigenvalue weighted by Crippen LogP contribution is 2.22. The second kappa shape index (κ2) is 10.6. The van der Waals surface area contributed by atoms with Gasteiger partial charge in [-0.15, -0.1) is 0 Å². The Kier molecular flexibility index (Phi) is 7.62. The molecule has 1 aliphatic rings. The van der Waals surface area contributed by atoms with Crippen molar-refractivity contribution >= 4 is 29.3 Å². The maximum Gasteiger partial charge on any atom is 0.0862 e. The molecule has 0 aromatic heterocycles. The van der Waals surface area contributed by atoms with Gasteiger partial charge in [0.25, 0.3) is 0 Å². The summed E-state index contributed by atoms with van der Waals surface area (Å²) in [4.78, 5) is 6.52. The molecule has 0 amide bonds. The number of nitrogens with zero attached hydrogens (tertiary/aromatic N) is 2. The lowest BCUT2D eigenvalue weighted by Crippen LogP contribution is -2.29. The van der Waals surface area contributed by atoms with Gasteiger partial charge in [0.1, 0.15) is 0 Å². The van der Waals surface area contributed by atoms with Crippen LogP contribution in [0.1, 0.15) is 41.5 Å². The molecule has 6 heteroatoms. The molecule has 0 atom stereocenters. The van der Waals surface area contributed by atoms with Gasteiger partial charge in [-0.3, -0.25) is 15.3 Å². The monoisotopic (exact) mass is 416 g/mol. The van der Waals surface area contributed by atoms with Gasteiger partial charge >= 0.3 is 0 Å². The van der Waals surface area contributed by atoms with Crippen molar-refractivity contribution in [2.75, 3.05) is 25.9 Å². The van der Waals surface area contributed by atoms with E-state index >= 15 is 0 Å². The molecule has 7 N–H and O–H groups in total. The molecule has 0 aliphatic carbocycles. The summed E-state index contributed by atoms with van der Waals surface area (Å²) in [7, 11) is 1.68. The lowest BCUT2D eigenvalue weighted by atomic mass is 9.98. The van der Waals surface area contributed by atoms with Gasteiger partial charge in [0.05, 0.1) is 11.4 Å². The van der Waals surface area contributed by atoms with Crippen LogP contribution >= 0.6 is 0 Å². The third-order valence-electron chi connectivity index (χ3n) is 5.52. The first-order chi connectivity index (χ1) is 15.0. The second-order valence-corrected chi connectivity index (χ2v) is 7.87. The van der Waals surface area contributed by atoms with Crippen molar-refractivity contribution in [1.82, 2.24) is 4.90 Å². The summed E-state index contributed by atoms with van der Waals surface area (Å²) in [6.07, 6.45) is 8.87. The van der Waals surface area contributed by atoms with Crippen molar-refractivity contribution in [2.24, 2.45) is 16.5 Å². The molecule has 1 saturated heterocycles. The van der Waals surface area contributed by atoms with Crippen LogP contribution in [0.2, 0.25) is 0 Å². The van der Waals surface area contributed by atoms with Gasteiger partial charge in [0.15, 0.2) is 0 Å². The molecule has 0 spiro atoms. The van der Waals surface area contributed by atoms with Gasteiger partial charge in [-0.05, 0) is 60.8 Å². The minimum absolute atomic E-state index is 0.186. The minimum atomic E-state index is 0.186. The van der Waals surface area contributed by atoms with Crippen LogP contribution in [0.4, 0.5) is 5.69 Å². The first-order valence-electron chi connectivity index (χ1n) is 10.6. The fourth-order valence-corrected chi connectivity index (χ4v) is 3.87. The lowest BCUT2D eigenvalue weighted by Gasteiger charge is -2.26. The number of aliphatic imine (C=N–C) groups is 1. The molecule has 3 rings (SSSR count). The van der Waals surface area contributed by atoms with Gasteiger partial charge in [0, 0.05) is 42.8 Å². The maximum absolute atomic E-state index is 8.62. The highest BCUT2D eigenvalue weighted by atomic mass is 15.1. The first kappa shape index (κ1) is 22.3. The fraction of sp³-hybridized carbons (Fsp3) is 0.280. The molecule has 0 unspecified atom stereocenters. The van der Waals surface area contributed by atoms with E-state index in [0.29, 0.717) is 16.9 Å². The van der Waals surface area contributed by atoms with Crippen LogP contribution < -0.4 is 17.2 Å². The summed E-state index contributed by atoms with van der Waals surface area (Å²) in [6, 6.07) is 13.8.